The molecule has 24 heavy (non-hydrogen) atoms. The summed E-state index contributed by atoms with van der Waals surface area (Å²) < 4.78 is 13.2. The number of amides is 2. The maximum atomic E-state index is 13.2. The molecule has 5 nitrogen and oxygen atoms in total. The van der Waals surface area contributed by atoms with Crippen LogP contribution in [0.1, 0.15) is 30.0 Å². The van der Waals surface area contributed by atoms with Gasteiger partial charge in [-0.3, -0.25) is 14.6 Å². The summed E-state index contributed by atoms with van der Waals surface area (Å²) in [7, 11) is 0. The maximum absolute atomic E-state index is 13.2. The third-order valence-corrected chi connectivity index (χ3v) is 4.05. The van der Waals surface area contributed by atoms with Crippen molar-refractivity contribution in [2.45, 2.75) is 18.9 Å². The minimum absolute atomic E-state index is 0.00685. The molecule has 0 saturated carbocycles. The molecule has 1 aromatic carbocycles. The van der Waals surface area contributed by atoms with E-state index in [0.29, 0.717) is 13.0 Å². The van der Waals surface area contributed by atoms with Crippen LogP contribution in [-0.2, 0) is 9.59 Å². The van der Waals surface area contributed by atoms with Crippen LogP contribution in [0.3, 0.4) is 0 Å². The SMILES string of the molecule is O=C(CN1CCCC1=O)N[C@@H](c1ccncc1)c1ccc(F)cc1. The fraction of sp³-hybridized carbons (Fsp3) is 0.278. The summed E-state index contributed by atoms with van der Waals surface area (Å²) in [4.78, 5) is 29.6. The molecule has 1 aromatic heterocycles. The van der Waals surface area contributed by atoms with Gasteiger partial charge in [0.25, 0.3) is 0 Å². The standard InChI is InChI=1S/C18H18FN3O2/c19-15-5-3-13(4-6-15)18(14-7-9-20-10-8-14)21-16(23)12-22-11-1-2-17(22)24/h3-10,18H,1-2,11-12H2,(H,21,23)/t18-/m1/s1. The molecule has 1 fully saturated rings. The molecule has 1 saturated heterocycles. The van der Waals surface area contributed by atoms with E-state index in [0.717, 1.165) is 17.5 Å². The van der Waals surface area contributed by atoms with E-state index in [1.165, 1.54) is 12.1 Å². The van der Waals surface area contributed by atoms with Gasteiger partial charge in [0.15, 0.2) is 0 Å². The van der Waals surface area contributed by atoms with Crippen LogP contribution in [0.5, 0.6) is 0 Å². The van der Waals surface area contributed by atoms with E-state index in [9.17, 15) is 14.0 Å². The minimum atomic E-state index is -0.418. The van der Waals surface area contributed by atoms with E-state index in [1.54, 1.807) is 41.6 Å². The molecule has 0 bridgehead atoms. The Hall–Kier alpha value is -2.76. The molecule has 0 aliphatic carbocycles. The van der Waals surface area contributed by atoms with Crippen molar-refractivity contribution in [1.82, 2.24) is 15.2 Å². The van der Waals surface area contributed by atoms with Crippen LogP contribution >= 0.6 is 0 Å². The lowest BCUT2D eigenvalue weighted by atomic mass is 9.99. The van der Waals surface area contributed by atoms with Crippen LogP contribution in [0.2, 0.25) is 0 Å². The first-order valence-corrected chi connectivity index (χ1v) is 7.86. The Morgan fingerprint density at radius 3 is 2.46 bits per heavy atom. The highest BCUT2D eigenvalue weighted by Gasteiger charge is 2.24. The van der Waals surface area contributed by atoms with Gasteiger partial charge in [0.05, 0.1) is 12.6 Å². The first kappa shape index (κ1) is 16.1. The van der Waals surface area contributed by atoms with Gasteiger partial charge in [0, 0.05) is 25.4 Å². The smallest absolute Gasteiger partial charge is 0.240 e. The van der Waals surface area contributed by atoms with E-state index in [2.05, 4.69) is 10.3 Å². The summed E-state index contributed by atoms with van der Waals surface area (Å²) in [5.41, 5.74) is 1.61. The number of carbonyl (C=O) groups excluding carboxylic acids is 2. The van der Waals surface area contributed by atoms with Gasteiger partial charge in [-0.2, -0.15) is 0 Å². The van der Waals surface area contributed by atoms with Crippen molar-refractivity contribution in [1.29, 1.82) is 0 Å². The fourth-order valence-corrected chi connectivity index (χ4v) is 2.82. The van der Waals surface area contributed by atoms with Crippen molar-refractivity contribution in [2.75, 3.05) is 13.1 Å². The normalized spacial score (nSPS) is 15.4. The highest BCUT2D eigenvalue weighted by molar-refractivity contribution is 5.86. The lowest BCUT2D eigenvalue weighted by molar-refractivity contribution is -0.133. The second-order valence-electron chi connectivity index (χ2n) is 5.75. The quantitative estimate of drug-likeness (QED) is 0.914. The summed E-state index contributed by atoms with van der Waals surface area (Å²) in [5, 5.41) is 2.93. The van der Waals surface area contributed by atoms with E-state index in [1.807, 2.05) is 0 Å². The van der Waals surface area contributed by atoms with Crippen LogP contribution in [0.15, 0.2) is 48.8 Å². The van der Waals surface area contributed by atoms with Crippen molar-refractivity contribution in [3.8, 4) is 0 Å². The number of carbonyl (C=O) groups is 2. The molecule has 1 aliphatic heterocycles. The van der Waals surface area contributed by atoms with Crippen LogP contribution in [0, 0.1) is 5.82 Å². The molecule has 0 spiro atoms. The van der Waals surface area contributed by atoms with Crippen molar-refractivity contribution in [3.05, 3.63) is 65.7 Å². The van der Waals surface area contributed by atoms with Gasteiger partial charge in [-0.05, 0) is 41.8 Å². The molecule has 2 heterocycles. The number of aromatic nitrogens is 1. The molecule has 1 atom stereocenters. The number of benzene rings is 1. The first-order chi connectivity index (χ1) is 11.6. The highest BCUT2D eigenvalue weighted by atomic mass is 19.1. The van der Waals surface area contributed by atoms with Gasteiger partial charge in [0.1, 0.15) is 5.82 Å². The summed E-state index contributed by atoms with van der Waals surface area (Å²) in [6, 6.07) is 9.19. The van der Waals surface area contributed by atoms with Crippen LogP contribution in [0.4, 0.5) is 4.39 Å². The average Bonchev–Trinajstić information content (AvgIpc) is 2.99. The van der Waals surface area contributed by atoms with Crippen molar-refractivity contribution in [2.24, 2.45) is 0 Å². The number of nitrogens with one attached hydrogen (secondary N) is 1. The molecule has 6 heteroatoms. The zero-order chi connectivity index (χ0) is 16.9. The van der Waals surface area contributed by atoms with Crippen LogP contribution < -0.4 is 5.32 Å². The third kappa shape index (κ3) is 3.76. The number of halogens is 1. The lowest BCUT2D eigenvalue weighted by Gasteiger charge is -2.22. The fourth-order valence-electron chi connectivity index (χ4n) is 2.82. The summed E-state index contributed by atoms with van der Waals surface area (Å²) in [6.07, 6.45) is 4.57. The van der Waals surface area contributed by atoms with E-state index < -0.39 is 6.04 Å². The zero-order valence-corrected chi connectivity index (χ0v) is 13.1. The Morgan fingerprint density at radius 1 is 1.17 bits per heavy atom. The van der Waals surface area contributed by atoms with Gasteiger partial charge in [0.2, 0.25) is 11.8 Å². The van der Waals surface area contributed by atoms with Crippen LogP contribution in [-0.4, -0.2) is 34.8 Å². The molecule has 2 amide bonds. The predicted octanol–water partition coefficient (Wildman–Crippen LogP) is 2.05. The minimum Gasteiger partial charge on any atom is -0.344 e. The second-order valence-corrected chi connectivity index (χ2v) is 5.75. The Kier molecular flexibility index (Phi) is 4.84. The Labute approximate surface area is 139 Å². The summed E-state index contributed by atoms with van der Waals surface area (Å²) in [6.45, 7) is 0.657. The molecular weight excluding hydrogens is 309 g/mol. The Balaban J connectivity index is 1.78. The highest BCUT2D eigenvalue weighted by Crippen LogP contribution is 2.22. The molecule has 0 radical (unpaired) electrons. The van der Waals surface area contributed by atoms with Gasteiger partial charge >= 0.3 is 0 Å². The largest absolute Gasteiger partial charge is 0.344 e. The number of likely N-dealkylation sites (tertiary alicyclic amines) is 1. The number of nitrogens with zero attached hydrogens (tertiary/aromatic N) is 2. The summed E-state index contributed by atoms with van der Waals surface area (Å²) in [5.74, 6) is -0.565. The lowest BCUT2D eigenvalue weighted by Crippen LogP contribution is -2.39. The molecule has 0 unspecified atom stereocenters. The Morgan fingerprint density at radius 2 is 1.83 bits per heavy atom. The average molecular weight is 327 g/mol. The van der Waals surface area contributed by atoms with E-state index >= 15 is 0 Å². The number of hydrogen-bond acceptors (Lipinski definition) is 3. The predicted molar refractivity (Wildman–Crippen MR) is 86.4 cm³/mol. The van der Waals surface area contributed by atoms with E-state index in [4.69, 9.17) is 0 Å². The van der Waals surface area contributed by atoms with Gasteiger partial charge < -0.3 is 10.2 Å². The summed E-state index contributed by atoms with van der Waals surface area (Å²) >= 11 is 0. The van der Waals surface area contributed by atoms with Crippen molar-refractivity contribution in [3.63, 3.8) is 0 Å². The maximum Gasteiger partial charge on any atom is 0.240 e. The van der Waals surface area contributed by atoms with Gasteiger partial charge in [-0.15, -0.1) is 0 Å². The van der Waals surface area contributed by atoms with Crippen LogP contribution in [0.25, 0.3) is 0 Å². The Bertz CT molecular complexity index is 719. The number of hydrogen-bond donors (Lipinski definition) is 1. The van der Waals surface area contributed by atoms with Gasteiger partial charge in [-0.1, -0.05) is 12.1 Å². The topological polar surface area (TPSA) is 62.3 Å². The molecule has 1 aliphatic rings. The molecule has 3 rings (SSSR count). The molecule has 2 aromatic rings. The number of rotatable bonds is 5. The zero-order valence-electron chi connectivity index (χ0n) is 13.1. The molecule has 124 valence electrons. The van der Waals surface area contributed by atoms with Gasteiger partial charge in [-0.25, -0.2) is 4.39 Å². The van der Waals surface area contributed by atoms with E-state index in [-0.39, 0.29) is 24.2 Å². The van der Waals surface area contributed by atoms with Crippen molar-refractivity contribution < 1.29 is 14.0 Å². The third-order valence-electron chi connectivity index (χ3n) is 4.05. The number of pyridine rings is 1. The second kappa shape index (κ2) is 7.21. The first-order valence-electron chi connectivity index (χ1n) is 7.86. The monoisotopic (exact) mass is 327 g/mol. The molecule has 1 N–H and O–H groups in total. The van der Waals surface area contributed by atoms with Crippen molar-refractivity contribution >= 4 is 11.8 Å². The molecular formula is C18H18FN3O2.